The highest BCUT2D eigenvalue weighted by atomic mass is 15.1. The minimum atomic E-state index is 0.103. The van der Waals surface area contributed by atoms with Gasteiger partial charge in [-0.2, -0.15) is 0 Å². The maximum Gasteiger partial charge on any atom is 0.144 e. The smallest absolute Gasteiger partial charge is 0.144 e. The average molecular weight is 379 g/mol. The van der Waals surface area contributed by atoms with Crippen LogP contribution in [0.15, 0.2) is 53.9 Å². The maximum atomic E-state index is 4.84. The second kappa shape index (κ2) is 8.94. The predicted molar refractivity (Wildman–Crippen MR) is 123 cm³/mol. The van der Waals surface area contributed by atoms with Crippen LogP contribution in [0.4, 0.5) is 0 Å². The number of rotatable bonds is 7. The molecule has 2 aromatic rings. The number of imidazole rings is 1. The van der Waals surface area contributed by atoms with Gasteiger partial charge in [0.15, 0.2) is 0 Å². The van der Waals surface area contributed by atoms with E-state index in [1.54, 1.807) is 0 Å². The molecule has 1 aromatic heterocycles. The Morgan fingerprint density at radius 1 is 1.11 bits per heavy atom. The molecule has 0 fully saturated rings. The van der Waals surface area contributed by atoms with Crippen molar-refractivity contribution in [3.05, 3.63) is 59.4 Å². The first-order valence-corrected chi connectivity index (χ1v) is 10.7. The lowest BCUT2D eigenvalue weighted by atomic mass is 9.79. The standard InChI is InChI=1S/C26H38N2/c1-10-21(19(5)6)24(20(7)18(3)4)28-17-16-27-25(28)22-14-12-13-15-23(22)26(8,9)11-2/h10,12-19H,11H2,1-9H3/b21-10-,24-20-. The van der Waals surface area contributed by atoms with E-state index in [0.717, 1.165) is 12.2 Å². The van der Waals surface area contributed by atoms with Crippen LogP contribution < -0.4 is 0 Å². The first-order chi connectivity index (χ1) is 13.2. The first-order valence-electron chi connectivity index (χ1n) is 10.7. The van der Waals surface area contributed by atoms with E-state index >= 15 is 0 Å². The van der Waals surface area contributed by atoms with Gasteiger partial charge in [-0.3, -0.25) is 4.57 Å². The van der Waals surface area contributed by atoms with E-state index in [-0.39, 0.29) is 5.41 Å². The number of aromatic nitrogens is 2. The number of hydrogen-bond donors (Lipinski definition) is 0. The lowest BCUT2D eigenvalue weighted by Gasteiger charge is -2.28. The fraction of sp³-hybridized carbons (Fsp3) is 0.500. The second-order valence-corrected chi connectivity index (χ2v) is 8.99. The summed E-state index contributed by atoms with van der Waals surface area (Å²) in [6.45, 7) is 20.4. The van der Waals surface area contributed by atoms with E-state index < -0.39 is 0 Å². The largest absolute Gasteiger partial charge is 0.300 e. The zero-order valence-electron chi connectivity index (χ0n) is 19.3. The van der Waals surface area contributed by atoms with Gasteiger partial charge in [0, 0.05) is 23.7 Å². The summed E-state index contributed by atoms with van der Waals surface area (Å²) in [5.74, 6) is 1.96. The van der Waals surface area contributed by atoms with E-state index in [9.17, 15) is 0 Å². The highest BCUT2D eigenvalue weighted by molar-refractivity contribution is 5.75. The third-order valence-electron chi connectivity index (χ3n) is 6.11. The van der Waals surface area contributed by atoms with Gasteiger partial charge in [0.2, 0.25) is 0 Å². The molecule has 0 saturated heterocycles. The maximum absolute atomic E-state index is 4.84. The number of benzene rings is 1. The summed E-state index contributed by atoms with van der Waals surface area (Å²) in [4.78, 5) is 4.84. The Balaban J connectivity index is 2.80. The molecule has 1 heterocycles. The molecule has 0 N–H and O–H groups in total. The molecule has 0 spiro atoms. The van der Waals surface area contributed by atoms with Crippen LogP contribution in [0.3, 0.4) is 0 Å². The third kappa shape index (κ3) is 4.32. The summed E-state index contributed by atoms with van der Waals surface area (Å²) in [6.07, 6.45) is 7.41. The SMILES string of the molecule is C/C=C(\C(=C(/C)C(C)C)n1ccnc1-c1ccccc1C(C)(C)CC)C(C)C. The quantitative estimate of drug-likeness (QED) is 0.451. The number of allylic oxidation sites excluding steroid dienone is 4. The molecule has 1 aromatic carbocycles. The van der Waals surface area contributed by atoms with Gasteiger partial charge in [0.1, 0.15) is 5.82 Å². The molecule has 2 heteroatoms. The van der Waals surface area contributed by atoms with Crippen molar-refractivity contribution in [2.45, 2.75) is 74.1 Å². The molecule has 2 rings (SSSR count). The van der Waals surface area contributed by atoms with Crippen LogP contribution in [0.1, 0.15) is 74.3 Å². The first kappa shape index (κ1) is 22.2. The van der Waals surface area contributed by atoms with E-state index in [1.165, 1.54) is 28.0 Å². The normalized spacial score (nSPS) is 14.0. The Morgan fingerprint density at radius 3 is 2.29 bits per heavy atom. The minimum absolute atomic E-state index is 0.103. The molecule has 0 aliphatic carbocycles. The highest BCUT2D eigenvalue weighted by Gasteiger charge is 2.25. The molecular formula is C26H38N2. The zero-order valence-corrected chi connectivity index (χ0v) is 19.3. The van der Waals surface area contributed by atoms with Crippen molar-refractivity contribution in [1.82, 2.24) is 9.55 Å². The molecule has 0 atom stereocenters. The van der Waals surface area contributed by atoms with Crippen molar-refractivity contribution in [3.8, 4) is 11.4 Å². The third-order valence-corrected chi connectivity index (χ3v) is 6.11. The van der Waals surface area contributed by atoms with Crippen LogP contribution in [0.25, 0.3) is 17.1 Å². The summed E-state index contributed by atoms with van der Waals surface area (Å²) in [6, 6.07) is 8.75. The fourth-order valence-electron chi connectivity index (χ4n) is 3.72. The van der Waals surface area contributed by atoms with Gasteiger partial charge < -0.3 is 0 Å². The Labute approximate surface area is 172 Å². The molecular weight excluding hydrogens is 340 g/mol. The zero-order chi connectivity index (χ0) is 21.1. The molecule has 0 bridgehead atoms. The van der Waals surface area contributed by atoms with Gasteiger partial charge in [-0.05, 0) is 54.2 Å². The summed E-state index contributed by atoms with van der Waals surface area (Å²) < 4.78 is 2.31. The van der Waals surface area contributed by atoms with Crippen LogP contribution in [-0.4, -0.2) is 9.55 Å². The van der Waals surface area contributed by atoms with Crippen molar-refractivity contribution < 1.29 is 0 Å². The Hall–Kier alpha value is -2.09. The van der Waals surface area contributed by atoms with Crippen molar-refractivity contribution in [2.75, 3.05) is 0 Å². The average Bonchev–Trinajstić information content (AvgIpc) is 3.14. The van der Waals surface area contributed by atoms with Crippen LogP contribution >= 0.6 is 0 Å². The number of hydrogen-bond acceptors (Lipinski definition) is 1. The summed E-state index contributed by atoms with van der Waals surface area (Å²) in [7, 11) is 0. The van der Waals surface area contributed by atoms with Gasteiger partial charge in [-0.25, -0.2) is 4.98 Å². The predicted octanol–water partition coefficient (Wildman–Crippen LogP) is 7.73. The van der Waals surface area contributed by atoms with Crippen LogP contribution in [0, 0.1) is 11.8 Å². The van der Waals surface area contributed by atoms with Gasteiger partial charge in [-0.1, -0.05) is 78.8 Å². The monoisotopic (exact) mass is 378 g/mol. The number of nitrogens with zero attached hydrogens (tertiary/aromatic N) is 2. The van der Waals surface area contributed by atoms with E-state index in [0.29, 0.717) is 11.8 Å². The molecule has 0 aliphatic rings. The lowest BCUT2D eigenvalue weighted by Crippen LogP contribution is -2.18. The highest BCUT2D eigenvalue weighted by Crippen LogP contribution is 2.38. The minimum Gasteiger partial charge on any atom is -0.300 e. The Bertz CT molecular complexity index is 860. The van der Waals surface area contributed by atoms with Crippen LogP contribution in [-0.2, 0) is 5.41 Å². The second-order valence-electron chi connectivity index (χ2n) is 8.99. The fourth-order valence-corrected chi connectivity index (χ4v) is 3.72. The van der Waals surface area contributed by atoms with E-state index in [2.05, 4.69) is 103 Å². The molecule has 0 saturated carbocycles. The Kier molecular flexibility index (Phi) is 7.09. The molecule has 28 heavy (non-hydrogen) atoms. The summed E-state index contributed by atoms with van der Waals surface area (Å²) in [5, 5.41) is 0. The van der Waals surface area contributed by atoms with E-state index in [1.807, 2.05) is 6.20 Å². The van der Waals surface area contributed by atoms with Crippen molar-refractivity contribution >= 4 is 5.70 Å². The van der Waals surface area contributed by atoms with Gasteiger partial charge in [-0.15, -0.1) is 0 Å². The van der Waals surface area contributed by atoms with Gasteiger partial charge >= 0.3 is 0 Å². The lowest BCUT2D eigenvalue weighted by molar-refractivity contribution is 0.507. The summed E-state index contributed by atoms with van der Waals surface area (Å²) >= 11 is 0. The van der Waals surface area contributed by atoms with Crippen LogP contribution in [0.5, 0.6) is 0 Å². The van der Waals surface area contributed by atoms with Crippen molar-refractivity contribution in [3.63, 3.8) is 0 Å². The molecule has 0 amide bonds. The molecule has 2 nitrogen and oxygen atoms in total. The molecule has 0 aliphatic heterocycles. The summed E-state index contributed by atoms with van der Waals surface area (Å²) in [5.41, 5.74) is 6.76. The molecule has 0 unspecified atom stereocenters. The van der Waals surface area contributed by atoms with E-state index in [4.69, 9.17) is 4.98 Å². The van der Waals surface area contributed by atoms with Crippen LogP contribution in [0.2, 0.25) is 0 Å². The molecule has 152 valence electrons. The Morgan fingerprint density at radius 2 is 1.75 bits per heavy atom. The van der Waals surface area contributed by atoms with Crippen molar-refractivity contribution in [1.29, 1.82) is 0 Å². The molecule has 0 radical (unpaired) electrons. The van der Waals surface area contributed by atoms with Gasteiger partial charge in [0.25, 0.3) is 0 Å². The van der Waals surface area contributed by atoms with Crippen molar-refractivity contribution in [2.24, 2.45) is 11.8 Å². The topological polar surface area (TPSA) is 17.8 Å². The van der Waals surface area contributed by atoms with Gasteiger partial charge in [0.05, 0.1) is 0 Å².